The Balaban J connectivity index is 1.50. The van der Waals surface area contributed by atoms with Crippen LogP contribution in [0.25, 0.3) is 0 Å². The molecule has 0 radical (unpaired) electrons. The number of ether oxygens (including phenoxy) is 1. The fourth-order valence-corrected chi connectivity index (χ4v) is 3.70. The van der Waals surface area contributed by atoms with Gasteiger partial charge in [-0.3, -0.25) is 9.59 Å². The summed E-state index contributed by atoms with van der Waals surface area (Å²) in [6.07, 6.45) is 1.87. The third kappa shape index (κ3) is 4.35. The van der Waals surface area contributed by atoms with Crippen molar-refractivity contribution in [2.45, 2.75) is 25.6 Å². The molecular weight excluding hydrogens is 396 g/mol. The predicted octanol–water partition coefficient (Wildman–Crippen LogP) is 2.95. The molecule has 0 saturated carbocycles. The van der Waals surface area contributed by atoms with Gasteiger partial charge in [-0.2, -0.15) is 0 Å². The molecule has 1 aliphatic heterocycles. The second-order valence-electron chi connectivity index (χ2n) is 7.31. The molecule has 7 nitrogen and oxygen atoms in total. The molecule has 0 bridgehead atoms. The highest BCUT2D eigenvalue weighted by Crippen LogP contribution is 2.25. The Hall–Kier alpha value is -3.87. The van der Waals surface area contributed by atoms with Gasteiger partial charge in [0.1, 0.15) is 6.04 Å². The highest BCUT2D eigenvalue weighted by Gasteiger charge is 2.35. The monoisotopic (exact) mass is 418 g/mol. The first-order chi connectivity index (χ1) is 15.1. The summed E-state index contributed by atoms with van der Waals surface area (Å²) in [5.74, 6) is -0.771. The normalized spacial score (nSPS) is 15.1. The molecule has 1 aromatic heterocycles. The number of rotatable bonds is 5. The van der Waals surface area contributed by atoms with Crippen LogP contribution in [0.4, 0.5) is 0 Å². The number of amides is 2. The lowest BCUT2D eigenvalue weighted by atomic mass is 9.93. The molecule has 0 aliphatic carbocycles. The van der Waals surface area contributed by atoms with Crippen LogP contribution in [-0.4, -0.2) is 35.8 Å². The third-order valence-electron chi connectivity index (χ3n) is 5.39. The van der Waals surface area contributed by atoms with Crippen molar-refractivity contribution in [2.24, 2.45) is 0 Å². The highest BCUT2D eigenvalue weighted by molar-refractivity contribution is 5.96. The molecule has 2 aromatic carbocycles. The van der Waals surface area contributed by atoms with Crippen molar-refractivity contribution >= 4 is 17.8 Å². The van der Waals surface area contributed by atoms with E-state index in [2.05, 4.69) is 5.32 Å². The summed E-state index contributed by atoms with van der Waals surface area (Å²) in [6.45, 7) is 0.614. The molecule has 0 fully saturated rings. The Kier molecular flexibility index (Phi) is 5.84. The molecule has 31 heavy (non-hydrogen) atoms. The molecule has 7 heteroatoms. The van der Waals surface area contributed by atoms with Crippen molar-refractivity contribution in [3.63, 3.8) is 0 Å². The van der Waals surface area contributed by atoms with Gasteiger partial charge in [0, 0.05) is 19.5 Å². The van der Waals surface area contributed by atoms with Gasteiger partial charge >= 0.3 is 5.97 Å². The van der Waals surface area contributed by atoms with E-state index in [0.717, 1.165) is 16.7 Å². The van der Waals surface area contributed by atoms with Crippen LogP contribution >= 0.6 is 0 Å². The molecule has 1 unspecified atom stereocenters. The number of carbonyl (C=O) groups excluding carboxylic acids is 3. The van der Waals surface area contributed by atoms with Crippen molar-refractivity contribution < 1.29 is 23.5 Å². The summed E-state index contributed by atoms with van der Waals surface area (Å²) in [4.78, 5) is 39.2. The minimum absolute atomic E-state index is 0.204. The first kappa shape index (κ1) is 20.4. The molecular formula is C24H22N2O5. The van der Waals surface area contributed by atoms with E-state index in [0.29, 0.717) is 18.5 Å². The topological polar surface area (TPSA) is 88.9 Å². The van der Waals surface area contributed by atoms with Crippen LogP contribution in [-0.2, 0) is 29.0 Å². The van der Waals surface area contributed by atoms with Crippen LogP contribution in [0.3, 0.4) is 0 Å². The van der Waals surface area contributed by atoms with Gasteiger partial charge in [-0.1, -0.05) is 36.4 Å². The van der Waals surface area contributed by atoms with Crippen LogP contribution in [0.5, 0.6) is 0 Å². The van der Waals surface area contributed by atoms with Crippen LogP contribution < -0.4 is 5.32 Å². The van der Waals surface area contributed by atoms with E-state index in [-0.39, 0.29) is 24.1 Å². The molecule has 2 heterocycles. The lowest BCUT2D eigenvalue weighted by Crippen LogP contribution is -2.52. The van der Waals surface area contributed by atoms with E-state index in [1.807, 2.05) is 24.3 Å². The molecule has 4 rings (SSSR count). The Bertz CT molecular complexity index is 1090. The van der Waals surface area contributed by atoms with Crippen molar-refractivity contribution in [3.05, 3.63) is 94.9 Å². The zero-order valence-electron chi connectivity index (χ0n) is 17.0. The van der Waals surface area contributed by atoms with Gasteiger partial charge in [-0.25, -0.2) is 4.79 Å². The van der Waals surface area contributed by atoms with Gasteiger partial charge in [-0.15, -0.1) is 0 Å². The number of methoxy groups -OCH3 is 1. The molecule has 0 saturated heterocycles. The zero-order chi connectivity index (χ0) is 21.8. The highest BCUT2D eigenvalue weighted by atomic mass is 16.5. The molecule has 0 spiro atoms. The summed E-state index contributed by atoms with van der Waals surface area (Å²) in [6, 6.07) is 17.2. The molecule has 1 atom stereocenters. The van der Waals surface area contributed by atoms with E-state index in [4.69, 9.17) is 9.15 Å². The van der Waals surface area contributed by atoms with Crippen molar-refractivity contribution in [1.29, 1.82) is 0 Å². The molecule has 1 N–H and O–H groups in total. The van der Waals surface area contributed by atoms with Gasteiger partial charge in [0.25, 0.3) is 5.91 Å². The van der Waals surface area contributed by atoms with Gasteiger partial charge in [0.15, 0.2) is 5.76 Å². The van der Waals surface area contributed by atoms with E-state index in [9.17, 15) is 14.4 Å². The first-order valence-electron chi connectivity index (χ1n) is 9.93. The summed E-state index contributed by atoms with van der Waals surface area (Å²) in [7, 11) is 1.33. The quantitative estimate of drug-likeness (QED) is 0.644. The summed E-state index contributed by atoms with van der Waals surface area (Å²) >= 11 is 0. The fourth-order valence-electron chi connectivity index (χ4n) is 3.70. The van der Waals surface area contributed by atoms with Crippen LogP contribution in [0, 0.1) is 0 Å². The van der Waals surface area contributed by atoms with Gasteiger partial charge < -0.3 is 19.4 Å². The van der Waals surface area contributed by atoms with Gasteiger partial charge in [-0.05, 0) is 41.0 Å². The predicted molar refractivity (Wildman–Crippen MR) is 112 cm³/mol. The maximum atomic E-state index is 13.1. The second-order valence-corrected chi connectivity index (χ2v) is 7.31. The number of hydrogen-bond donors (Lipinski definition) is 1. The minimum Gasteiger partial charge on any atom is -0.465 e. The Morgan fingerprint density at radius 3 is 2.45 bits per heavy atom. The van der Waals surface area contributed by atoms with Crippen LogP contribution in [0.1, 0.15) is 37.6 Å². The number of nitrogens with zero attached hydrogens (tertiary/aromatic N) is 1. The number of nitrogens with one attached hydrogen (secondary N) is 1. The maximum absolute atomic E-state index is 13.1. The van der Waals surface area contributed by atoms with Crippen molar-refractivity contribution in [3.8, 4) is 0 Å². The summed E-state index contributed by atoms with van der Waals surface area (Å²) < 4.78 is 9.97. The van der Waals surface area contributed by atoms with Crippen molar-refractivity contribution in [1.82, 2.24) is 10.2 Å². The number of benzene rings is 2. The number of hydrogen-bond acceptors (Lipinski definition) is 5. The lowest BCUT2D eigenvalue weighted by molar-refractivity contribution is -0.126. The lowest BCUT2D eigenvalue weighted by Gasteiger charge is -2.35. The second kappa shape index (κ2) is 8.87. The summed E-state index contributed by atoms with van der Waals surface area (Å²) in [5.41, 5.74) is 3.34. The van der Waals surface area contributed by atoms with E-state index in [1.54, 1.807) is 41.3 Å². The molecule has 3 aromatic rings. The zero-order valence-corrected chi connectivity index (χ0v) is 17.0. The molecule has 158 valence electrons. The maximum Gasteiger partial charge on any atom is 0.337 e. The average molecular weight is 418 g/mol. The Morgan fingerprint density at radius 2 is 1.77 bits per heavy atom. The van der Waals surface area contributed by atoms with Gasteiger partial charge in [0.05, 0.1) is 18.9 Å². The third-order valence-corrected chi connectivity index (χ3v) is 5.39. The fraction of sp³-hybridized carbons (Fsp3) is 0.208. The average Bonchev–Trinajstić information content (AvgIpc) is 3.36. The molecule has 1 aliphatic rings. The Morgan fingerprint density at radius 1 is 1.03 bits per heavy atom. The SMILES string of the molecule is COC(=O)c1ccc(CNC(=O)C2Cc3ccccc3CN2C(=O)c2ccco2)cc1. The minimum atomic E-state index is -0.651. The number of fused-ring (bicyclic) bond motifs is 1. The number of carbonyl (C=O) groups is 3. The van der Waals surface area contributed by atoms with Crippen molar-refractivity contribution in [2.75, 3.05) is 7.11 Å². The van der Waals surface area contributed by atoms with E-state index < -0.39 is 12.0 Å². The Labute approximate surface area is 179 Å². The van der Waals surface area contributed by atoms with E-state index in [1.165, 1.54) is 13.4 Å². The van der Waals surface area contributed by atoms with Gasteiger partial charge in [0.2, 0.25) is 5.91 Å². The largest absolute Gasteiger partial charge is 0.465 e. The van der Waals surface area contributed by atoms with E-state index >= 15 is 0 Å². The number of furan rings is 1. The van der Waals surface area contributed by atoms with Crippen LogP contribution in [0.15, 0.2) is 71.3 Å². The standard InChI is InChI=1S/C24H22N2O5/c1-30-24(29)17-10-8-16(9-11-17)14-25-22(27)20-13-18-5-2-3-6-19(18)15-26(20)23(28)21-7-4-12-31-21/h2-12,20H,13-15H2,1H3,(H,25,27). The summed E-state index contributed by atoms with van der Waals surface area (Å²) in [5, 5.41) is 2.91. The van der Waals surface area contributed by atoms with Crippen LogP contribution in [0.2, 0.25) is 0 Å². The smallest absolute Gasteiger partial charge is 0.337 e. The molecule has 2 amide bonds. The number of esters is 1. The first-order valence-corrected chi connectivity index (χ1v) is 9.93.